The monoisotopic (exact) mass is 263 g/mol. The fourth-order valence-corrected chi connectivity index (χ4v) is 2.40. The SMILES string of the molecule is O=C(NC1CCC(C(=O)O)CC1)c1cccc(O)c1. The van der Waals surface area contributed by atoms with E-state index in [9.17, 15) is 14.7 Å². The molecule has 1 aliphatic carbocycles. The first-order valence-electron chi connectivity index (χ1n) is 6.39. The number of nitrogens with one attached hydrogen (secondary N) is 1. The van der Waals surface area contributed by atoms with E-state index in [1.807, 2.05) is 0 Å². The molecule has 1 fully saturated rings. The maximum atomic E-state index is 11.9. The number of aromatic hydroxyl groups is 1. The van der Waals surface area contributed by atoms with E-state index in [-0.39, 0.29) is 23.6 Å². The van der Waals surface area contributed by atoms with Crippen molar-refractivity contribution in [1.82, 2.24) is 5.32 Å². The van der Waals surface area contributed by atoms with Gasteiger partial charge in [0.25, 0.3) is 5.91 Å². The molecule has 0 radical (unpaired) electrons. The second-order valence-electron chi connectivity index (χ2n) is 4.91. The molecule has 1 aromatic rings. The van der Waals surface area contributed by atoms with Crippen LogP contribution in [0.25, 0.3) is 0 Å². The maximum absolute atomic E-state index is 11.9. The molecule has 1 amide bonds. The van der Waals surface area contributed by atoms with Crippen LogP contribution >= 0.6 is 0 Å². The van der Waals surface area contributed by atoms with E-state index in [1.54, 1.807) is 12.1 Å². The summed E-state index contributed by atoms with van der Waals surface area (Å²) >= 11 is 0. The molecular formula is C14H17NO4. The summed E-state index contributed by atoms with van der Waals surface area (Å²) in [6.45, 7) is 0. The molecule has 0 heterocycles. The van der Waals surface area contributed by atoms with Gasteiger partial charge in [-0.1, -0.05) is 6.07 Å². The molecule has 19 heavy (non-hydrogen) atoms. The maximum Gasteiger partial charge on any atom is 0.306 e. The minimum atomic E-state index is -0.752. The molecule has 102 valence electrons. The largest absolute Gasteiger partial charge is 0.508 e. The lowest BCUT2D eigenvalue weighted by Crippen LogP contribution is -2.38. The number of phenolic OH excluding ortho intramolecular Hbond substituents is 1. The smallest absolute Gasteiger partial charge is 0.306 e. The Morgan fingerprint density at radius 1 is 1.16 bits per heavy atom. The predicted octanol–water partition coefficient (Wildman–Crippen LogP) is 1.77. The van der Waals surface area contributed by atoms with Gasteiger partial charge < -0.3 is 15.5 Å². The van der Waals surface area contributed by atoms with E-state index in [4.69, 9.17) is 5.11 Å². The number of carbonyl (C=O) groups is 2. The number of amides is 1. The number of carboxylic acid groups (broad SMARTS) is 1. The molecule has 2 rings (SSSR count). The molecular weight excluding hydrogens is 246 g/mol. The second kappa shape index (κ2) is 5.73. The molecule has 0 atom stereocenters. The molecule has 0 aliphatic heterocycles. The van der Waals surface area contributed by atoms with Crippen molar-refractivity contribution in [3.63, 3.8) is 0 Å². The first-order valence-corrected chi connectivity index (χ1v) is 6.39. The molecule has 0 saturated heterocycles. The Balaban J connectivity index is 1.89. The summed E-state index contributed by atoms with van der Waals surface area (Å²) in [7, 11) is 0. The second-order valence-corrected chi connectivity index (χ2v) is 4.91. The third-order valence-electron chi connectivity index (χ3n) is 3.52. The van der Waals surface area contributed by atoms with Crippen molar-refractivity contribution in [1.29, 1.82) is 0 Å². The van der Waals surface area contributed by atoms with E-state index in [1.165, 1.54) is 12.1 Å². The Hall–Kier alpha value is -2.04. The van der Waals surface area contributed by atoms with Gasteiger partial charge in [0.1, 0.15) is 5.75 Å². The topological polar surface area (TPSA) is 86.6 Å². The van der Waals surface area contributed by atoms with Gasteiger partial charge in [-0.3, -0.25) is 9.59 Å². The van der Waals surface area contributed by atoms with Gasteiger partial charge >= 0.3 is 5.97 Å². The van der Waals surface area contributed by atoms with E-state index in [0.717, 1.165) is 0 Å². The number of rotatable bonds is 3. The van der Waals surface area contributed by atoms with Crippen LogP contribution in [0.5, 0.6) is 5.75 Å². The average molecular weight is 263 g/mol. The van der Waals surface area contributed by atoms with Gasteiger partial charge in [0, 0.05) is 11.6 Å². The quantitative estimate of drug-likeness (QED) is 0.775. The molecule has 0 unspecified atom stereocenters. The first kappa shape index (κ1) is 13.4. The van der Waals surface area contributed by atoms with Gasteiger partial charge in [0.15, 0.2) is 0 Å². The van der Waals surface area contributed by atoms with Crippen molar-refractivity contribution >= 4 is 11.9 Å². The highest BCUT2D eigenvalue weighted by Crippen LogP contribution is 2.24. The zero-order valence-electron chi connectivity index (χ0n) is 10.5. The number of aliphatic carboxylic acids is 1. The summed E-state index contributed by atoms with van der Waals surface area (Å²) in [5.74, 6) is -1.21. The van der Waals surface area contributed by atoms with E-state index >= 15 is 0 Å². The van der Waals surface area contributed by atoms with Crippen molar-refractivity contribution in [2.75, 3.05) is 0 Å². The average Bonchev–Trinajstić information content (AvgIpc) is 2.39. The Bertz CT molecular complexity index is 478. The minimum absolute atomic E-state index is 0.0189. The van der Waals surface area contributed by atoms with Gasteiger partial charge in [0.2, 0.25) is 0 Å². The number of hydrogen-bond acceptors (Lipinski definition) is 3. The lowest BCUT2D eigenvalue weighted by molar-refractivity contribution is -0.142. The summed E-state index contributed by atoms with van der Waals surface area (Å²) in [4.78, 5) is 22.8. The minimum Gasteiger partial charge on any atom is -0.508 e. The van der Waals surface area contributed by atoms with Crippen LogP contribution in [-0.2, 0) is 4.79 Å². The standard InChI is InChI=1S/C14H17NO4/c16-12-3-1-2-10(8-12)13(17)15-11-6-4-9(5-7-11)14(18)19/h1-3,8-9,11,16H,4-7H2,(H,15,17)(H,18,19). The fraction of sp³-hybridized carbons (Fsp3) is 0.429. The number of phenols is 1. The molecule has 1 aliphatic rings. The molecule has 0 aromatic heterocycles. The van der Waals surface area contributed by atoms with Crippen LogP contribution in [0, 0.1) is 5.92 Å². The zero-order chi connectivity index (χ0) is 13.8. The molecule has 5 nitrogen and oxygen atoms in total. The summed E-state index contributed by atoms with van der Waals surface area (Å²) < 4.78 is 0. The summed E-state index contributed by atoms with van der Waals surface area (Å²) in [6.07, 6.45) is 2.56. The molecule has 0 spiro atoms. The molecule has 1 aromatic carbocycles. The van der Waals surface area contributed by atoms with Crippen molar-refractivity contribution < 1.29 is 19.8 Å². The van der Waals surface area contributed by atoms with E-state index < -0.39 is 5.97 Å². The lowest BCUT2D eigenvalue weighted by atomic mass is 9.86. The Morgan fingerprint density at radius 3 is 2.42 bits per heavy atom. The van der Waals surface area contributed by atoms with Crippen LogP contribution in [0.15, 0.2) is 24.3 Å². The lowest BCUT2D eigenvalue weighted by Gasteiger charge is -2.26. The van der Waals surface area contributed by atoms with Crippen LogP contribution in [0.2, 0.25) is 0 Å². The highest BCUT2D eigenvalue weighted by atomic mass is 16.4. The third kappa shape index (κ3) is 3.47. The zero-order valence-corrected chi connectivity index (χ0v) is 10.5. The van der Waals surface area contributed by atoms with Crippen molar-refractivity contribution in [2.24, 2.45) is 5.92 Å². The molecule has 3 N–H and O–H groups in total. The number of benzene rings is 1. The normalized spacial score (nSPS) is 22.7. The number of carboxylic acids is 1. The summed E-state index contributed by atoms with van der Waals surface area (Å²) in [5.41, 5.74) is 0.417. The Morgan fingerprint density at radius 2 is 1.84 bits per heavy atom. The van der Waals surface area contributed by atoms with Crippen LogP contribution in [0.1, 0.15) is 36.0 Å². The molecule has 1 saturated carbocycles. The molecule has 0 bridgehead atoms. The van der Waals surface area contributed by atoms with Crippen LogP contribution in [-0.4, -0.2) is 28.1 Å². The predicted molar refractivity (Wildman–Crippen MR) is 69.0 cm³/mol. The van der Waals surface area contributed by atoms with Crippen molar-refractivity contribution in [2.45, 2.75) is 31.7 Å². The van der Waals surface area contributed by atoms with Crippen LogP contribution in [0.4, 0.5) is 0 Å². The fourth-order valence-electron chi connectivity index (χ4n) is 2.40. The van der Waals surface area contributed by atoms with Crippen LogP contribution in [0.3, 0.4) is 0 Å². The Kier molecular flexibility index (Phi) is 4.04. The van der Waals surface area contributed by atoms with Gasteiger partial charge in [-0.2, -0.15) is 0 Å². The number of carbonyl (C=O) groups excluding carboxylic acids is 1. The highest BCUT2D eigenvalue weighted by Gasteiger charge is 2.26. The van der Waals surface area contributed by atoms with Gasteiger partial charge in [-0.05, 0) is 43.9 Å². The Labute approximate surface area is 111 Å². The van der Waals surface area contributed by atoms with E-state index in [0.29, 0.717) is 31.2 Å². The number of hydrogen-bond donors (Lipinski definition) is 3. The highest BCUT2D eigenvalue weighted by molar-refractivity contribution is 5.94. The van der Waals surface area contributed by atoms with Gasteiger partial charge in [-0.25, -0.2) is 0 Å². The molecule has 5 heteroatoms. The van der Waals surface area contributed by atoms with Crippen molar-refractivity contribution in [3.05, 3.63) is 29.8 Å². The van der Waals surface area contributed by atoms with Gasteiger partial charge in [0.05, 0.1) is 5.92 Å². The summed E-state index contributed by atoms with van der Waals surface area (Å²) in [6, 6.07) is 6.20. The van der Waals surface area contributed by atoms with Crippen LogP contribution < -0.4 is 5.32 Å². The van der Waals surface area contributed by atoms with Gasteiger partial charge in [-0.15, -0.1) is 0 Å². The summed E-state index contributed by atoms with van der Waals surface area (Å²) in [5, 5.41) is 21.1. The van der Waals surface area contributed by atoms with Crippen molar-refractivity contribution in [3.8, 4) is 5.75 Å². The first-order chi connectivity index (χ1) is 9.06. The third-order valence-corrected chi connectivity index (χ3v) is 3.52. The van der Waals surface area contributed by atoms with E-state index in [2.05, 4.69) is 5.32 Å².